The molecule has 0 spiro atoms. The molecule has 3 nitrogen and oxygen atoms in total. The van der Waals surface area contributed by atoms with E-state index in [0.29, 0.717) is 0 Å². The maximum absolute atomic E-state index is 6.02. The van der Waals surface area contributed by atoms with Gasteiger partial charge in [-0.05, 0) is 35.9 Å². The Bertz CT molecular complexity index is 504. The highest BCUT2D eigenvalue weighted by molar-refractivity contribution is 5.80. The van der Waals surface area contributed by atoms with Crippen LogP contribution in [0.4, 0.5) is 0 Å². The lowest BCUT2D eigenvalue weighted by Crippen LogP contribution is -2.21. The van der Waals surface area contributed by atoms with Gasteiger partial charge in [-0.3, -0.25) is 0 Å². The van der Waals surface area contributed by atoms with Gasteiger partial charge in [-0.2, -0.15) is 0 Å². The third kappa shape index (κ3) is 2.92. The molecule has 2 N–H and O–H groups in total. The van der Waals surface area contributed by atoms with E-state index in [4.69, 9.17) is 10.5 Å². The molecule has 2 rings (SSSR count). The van der Waals surface area contributed by atoms with Crippen LogP contribution in [0.15, 0.2) is 30.5 Å². The number of hydrogen-bond acceptors (Lipinski definition) is 2. The SMILES string of the molecule is CCC(N)Cc1ccc2ccn(CCOC)c2c1. The summed E-state index contributed by atoms with van der Waals surface area (Å²) in [6, 6.07) is 9.01. The zero-order valence-corrected chi connectivity index (χ0v) is 11.2. The fourth-order valence-corrected chi connectivity index (χ4v) is 2.19. The number of nitrogens with zero attached hydrogens (tertiary/aromatic N) is 1. The Morgan fingerprint density at radius 2 is 2.17 bits per heavy atom. The van der Waals surface area contributed by atoms with E-state index in [1.807, 2.05) is 0 Å². The Labute approximate surface area is 109 Å². The highest BCUT2D eigenvalue weighted by atomic mass is 16.5. The topological polar surface area (TPSA) is 40.2 Å². The average Bonchev–Trinajstić information content (AvgIpc) is 2.78. The molecule has 98 valence electrons. The quantitative estimate of drug-likeness (QED) is 0.851. The highest BCUT2D eigenvalue weighted by Gasteiger charge is 2.05. The predicted octanol–water partition coefficient (Wildman–Crippen LogP) is 2.57. The van der Waals surface area contributed by atoms with Crippen molar-refractivity contribution in [1.82, 2.24) is 4.57 Å². The number of aromatic nitrogens is 1. The standard InChI is InChI=1S/C15H22N2O/c1-3-14(16)10-12-4-5-13-6-7-17(8-9-18-2)15(13)11-12/h4-7,11,14H,3,8-10,16H2,1-2H3. The summed E-state index contributed by atoms with van der Waals surface area (Å²) in [5.74, 6) is 0. The van der Waals surface area contributed by atoms with Crippen molar-refractivity contribution in [2.45, 2.75) is 32.4 Å². The molecule has 0 amide bonds. The van der Waals surface area contributed by atoms with E-state index >= 15 is 0 Å². The first-order valence-corrected chi connectivity index (χ1v) is 6.57. The van der Waals surface area contributed by atoms with Gasteiger partial charge >= 0.3 is 0 Å². The zero-order chi connectivity index (χ0) is 13.0. The van der Waals surface area contributed by atoms with Crippen LogP contribution in [0.1, 0.15) is 18.9 Å². The summed E-state index contributed by atoms with van der Waals surface area (Å²) in [7, 11) is 1.73. The van der Waals surface area contributed by atoms with E-state index in [1.54, 1.807) is 7.11 Å². The van der Waals surface area contributed by atoms with Crippen molar-refractivity contribution in [2.75, 3.05) is 13.7 Å². The Balaban J connectivity index is 2.24. The summed E-state index contributed by atoms with van der Waals surface area (Å²) in [6.45, 7) is 3.76. The van der Waals surface area contributed by atoms with Crippen molar-refractivity contribution in [2.24, 2.45) is 5.73 Å². The Morgan fingerprint density at radius 1 is 1.33 bits per heavy atom. The molecule has 0 saturated carbocycles. The monoisotopic (exact) mass is 246 g/mol. The number of ether oxygens (including phenoxy) is 1. The molecule has 18 heavy (non-hydrogen) atoms. The Kier molecular flexibility index (Phi) is 4.39. The molecular formula is C15H22N2O. The molecule has 1 atom stereocenters. The number of rotatable bonds is 6. The summed E-state index contributed by atoms with van der Waals surface area (Å²) >= 11 is 0. The normalized spacial score (nSPS) is 13.1. The van der Waals surface area contributed by atoms with Crippen LogP contribution in [-0.4, -0.2) is 24.3 Å². The number of nitrogens with two attached hydrogens (primary N) is 1. The number of methoxy groups -OCH3 is 1. The lowest BCUT2D eigenvalue weighted by atomic mass is 10.0. The minimum Gasteiger partial charge on any atom is -0.383 e. The van der Waals surface area contributed by atoms with E-state index < -0.39 is 0 Å². The molecule has 0 aliphatic heterocycles. The van der Waals surface area contributed by atoms with Crippen molar-refractivity contribution >= 4 is 10.9 Å². The zero-order valence-electron chi connectivity index (χ0n) is 11.2. The van der Waals surface area contributed by atoms with E-state index in [-0.39, 0.29) is 6.04 Å². The molecule has 0 aliphatic carbocycles. The molecule has 0 bridgehead atoms. The first-order chi connectivity index (χ1) is 8.74. The maximum Gasteiger partial charge on any atom is 0.0641 e. The first-order valence-electron chi connectivity index (χ1n) is 6.57. The Morgan fingerprint density at radius 3 is 2.89 bits per heavy atom. The molecule has 1 heterocycles. The molecule has 1 unspecified atom stereocenters. The van der Waals surface area contributed by atoms with E-state index in [9.17, 15) is 0 Å². The van der Waals surface area contributed by atoms with E-state index in [2.05, 4.69) is 42.0 Å². The van der Waals surface area contributed by atoms with Crippen LogP contribution in [0, 0.1) is 0 Å². The van der Waals surface area contributed by atoms with Crippen molar-refractivity contribution in [3.63, 3.8) is 0 Å². The van der Waals surface area contributed by atoms with Gasteiger partial charge in [0.05, 0.1) is 6.61 Å². The van der Waals surface area contributed by atoms with Crippen molar-refractivity contribution in [3.8, 4) is 0 Å². The van der Waals surface area contributed by atoms with Crippen molar-refractivity contribution in [3.05, 3.63) is 36.0 Å². The van der Waals surface area contributed by atoms with Crippen molar-refractivity contribution < 1.29 is 4.74 Å². The fourth-order valence-electron chi connectivity index (χ4n) is 2.19. The van der Waals surface area contributed by atoms with Crippen LogP contribution < -0.4 is 5.73 Å². The smallest absolute Gasteiger partial charge is 0.0641 e. The van der Waals surface area contributed by atoms with E-state index in [0.717, 1.165) is 26.0 Å². The minimum absolute atomic E-state index is 0.254. The fraction of sp³-hybridized carbons (Fsp3) is 0.467. The minimum atomic E-state index is 0.254. The summed E-state index contributed by atoms with van der Waals surface area (Å²) < 4.78 is 7.37. The van der Waals surface area contributed by atoms with Crippen LogP contribution in [0.5, 0.6) is 0 Å². The van der Waals surface area contributed by atoms with Gasteiger partial charge in [0.15, 0.2) is 0 Å². The highest BCUT2D eigenvalue weighted by Crippen LogP contribution is 2.18. The number of fused-ring (bicyclic) bond motifs is 1. The summed E-state index contributed by atoms with van der Waals surface area (Å²) in [5.41, 5.74) is 8.60. The molecule has 0 saturated heterocycles. The third-order valence-corrected chi connectivity index (χ3v) is 3.40. The lowest BCUT2D eigenvalue weighted by molar-refractivity contribution is 0.188. The second kappa shape index (κ2) is 6.03. The van der Waals surface area contributed by atoms with Gasteiger partial charge in [0.2, 0.25) is 0 Å². The van der Waals surface area contributed by atoms with Crippen LogP contribution >= 0.6 is 0 Å². The van der Waals surface area contributed by atoms with Gasteiger partial charge in [0.1, 0.15) is 0 Å². The molecule has 1 aromatic carbocycles. The summed E-state index contributed by atoms with van der Waals surface area (Å²) in [6.07, 6.45) is 4.08. The predicted molar refractivity (Wildman–Crippen MR) is 75.8 cm³/mol. The van der Waals surface area contributed by atoms with Gasteiger partial charge in [-0.15, -0.1) is 0 Å². The lowest BCUT2D eigenvalue weighted by Gasteiger charge is -2.10. The molecule has 2 aromatic rings. The number of benzene rings is 1. The number of hydrogen-bond donors (Lipinski definition) is 1. The van der Waals surface area contributed by atoms with Crippen LogP contribution in [0.2, 0.25) is 0 Å². The molecule has 0 radical (unpaired) electrons. The Hall–Kier alpha value is -1.32. The average molecular weight is 246 g/mol. The first kappa shape index (κ1) is 13.1. The summed E-state index contributed by atoms with van der Waals surface area (Å²) in [4.78, 5) is 0. The van der Waals surface area contributed by atoms with Crippen LogP contribution in [-0.2, 0) is 17.7 Å². The molecule has 3 heteroatoms. The molecule has 1 aromatic heterocycles. The molecule has 0 fully saturated rings. The van der Waals surface area contributed by atoms with Gasteiger partial charge < -0.3 is 15.0 Å². The second-order valence-corrected chi connectivity index (χ2v) is 4.77. The molecule has 0 aliphatic rings. The largest absolute Gasteiger partial charge is 0.383 e. The maximum atomic E-state index is 6.02. The van der Waals surface area contributed by atoms with Gasteiger partial charge in [0.25, 0.3) is 0 Å². The van der Waals surface area contributed by atoms with Gasteiger partial charge in [0, 0.05) is 31.4 Å². The van der Waals surface area contributed by atoms with Gasteiger partial charge in [-0.25, -0.2) is 0 Å². The van der Waals surface area contributed by atoms with Crippen LogP contribution in [0.25, 0.3) is 10.9 Å². The third-order valence-electron chi connectivity index (χ3n) is 3.40. The molecular weight excluding hydrogens is 224 g/mol. The van der Waals surface area contributed by atoms with Crippen LogP contribution in [0.3, 0.4) is 0 Å². The van der Waals surface area contributed by atoms with Crippen molar-refractivity contribution in [1.29, 1.82) is 0 Å². The van der Waals surface area contributed by atoms with Gasteiger partial charge in [-0.1, -0.05) is 19.1 Å². The second-order valence-electron chi connectivity index (χ2n) is 4.77. The van der Waals surface area contributed by atoms with E-state index in [1.165, 1.54) is 16.5 Å². The summed E-state index contributed by atoms with van der Waals surface area (Å²) in [5, 5.41) is 1.28.